The van der Waals surface area contributed by atoms with Crippen LogP contribution >= 0.6 is 35.3 Å². The molecule has 0 bridgehead atoms. The highest BCUT2D eigenvalue weighted by Crippen LogP contribution is 2.37. The number of alkyl halides is 3. The van der Waals surface area contributed by atoms with Crippen LogP contribution in [0, 0.1) is 5.82 Å². The first-order chi connectivity index (χ1) is 21.0. The number of hydrogen-bond donors (Lipinski definition) is 1. The number of thiophene rings is 1. The smallest absolute Gasteiger partial charge is 0.419 e. The van der Waals surface area contributed by atoms with E-state index in [1.54, 1.807) is 29.7 Å². The minimum atomic E-state index is -4.81. The van der Waals surface area contributed by atoms with E-state index in [9.17, 15) is 32.3 Å². The summed E-state index contributed by atoms with van der Waals surface area (Å²) in [5, 5.41) is 11.1. The molecule has 3 heterocycles. The molecule has 2 aliphatic heterocycles. The average molecular weight is 667 g/mol. The molecule has 1 N–H and O–H groups in total. The monoisotopic (exact) mass is 666 g/mol. The average Bonchev–Trinajstić information content (AvgIpc) is 3.55. The third-order valence-corrected chi connectivity index (χ3v) is 9.22. The number of rotatable bonds is 10. The van der Waals surface area contributed by atoms with E-state index >= 15 is 0 Å². The Labute approximate surface area is 264 Å². The number of thioether (sulfide) groups is 1. The number of carbonyl (C=O) groups excluding carboxylic acids is 1. The van der Waals surface area contributed by atoms with Gasteiger partial charge in [-0.05, 0) is 65.4 Å². The lowest BCUT2D eigenvalue weighted by Gasteiger charge is -2.27. The largest absolute Gasteiger partial charge is 0.493 e. The first-order valence-corrected chi connectivity index (χ1v) is 15.6. The number of morpholine rings is 1. The van der Waals surface area contributed by atoms with E-state index in [-0.39, 0.29) is 23.6 Å². The summed E-state index contributed by atoms with van der Waals surface area (Å²) in [7, 11) is 0. The molecule has 1 amide bonds. The van der Waals surface area contributed by atoms with Crippen molar-refractivity contribution in [1.29, 1.82) is 0 Å². The number of carboxylic acids is 1. The highest BCUT2D eigenvalue weighted by molar-refractivity contribution is 8.26. The molecule has 14 heteroatoms. The topological polar surface area (TPSA) is 79.3 Å². The number of amides is 1. The Hall–Kier alpha value is -3.30. The van der Waals surface area contributed by atoms with Gasteiger partial charge in [0.15, 0.2) is 0 Å². The molecule has 5 rings (SSSR count). The number of carboxylic acid groups (broad SMARTS) is 1. The molecule has 0 unspecified atom stereocenters. The maximum absolute atomic E-state index is 13.7. The van der Waals surface area contributed by atoms with Gasteiger partial charge in [-0.2, -0.15) is 13.2 Å². The SMILES string of the molecule is O=C(O)c1ccc(OCCCN2C(=O)/C(=C/c3cc(-c4ccc(F)c(C(F)(F)F)c4)cs3)SC2=S)c(CN2CCOCC2)c1. The molecule has 0 aliphatic carbocycles. The van der Waals surface area contributed by atoms with Crippen LogP contribution in [0.1, 0.15) is 32.8 Å². The minimum absolute atomic E-state index is 0.173. The second kappa shape index (κ2) is 13.8. The Morgan fingerprint density at radius 3 is 2.61 bits per heavy atom. The minimum Gasteiger partial charge on any atom is -0.493 e. The standard InChI is InChI=1S/C30H26F4N2O5S3/c31-24-4-2-18(14-23(24)30(32,33)34)21-13-22(43-17-21)15-26-27(37)36(29(42)44-26)6-1-9-41-25-5-3-19(28(38)39)12-20(25)16-35-7-10-40-11-8-35/h2-5,12-15,17H,1,6-11,16H2,(H,38,39)/b26-15-. The lowest BCUT2D eigenvalue weighted by atomic mass is 10.0. The molecule has 232 valence electrons. The first kappa shape index (κ1) is 32.1. The van der Waals surface area contributed by atoms with Gasteiger partial charge < -0.3 is 14.6 Å². The quantitative estimate of drug-likeness (QED) is 0.110. The molecule has 1 aromatic heterocycles. The van der Waals surface area contributed by atoms with E-state index in [2.05, 4.69) is 4.90 Å². The Morgan fingerprint density at radius 2 is 1.89 bits per heavy atom. The summed E-state index contributed by atoms with van der Waals surface area (Å²) in [6, 6.07) is 9.24. The van der Waals surface area contributed by atoms with Crippen molar-refractivity contribution in [1.82, 2.24) is 9.80 Å². The third kappa shape index (κ3) is 7.67. The summed E-state index contributed by atoms with van der Waals surface area (Å²) in [4.78, 5) is 29.3. The van der Waals surface area contributed by atoms with Crippen molar-refractivity contribution in [3.8, 4) is 16.9 Å². The van der Waals surface area contributed by atoms with E-state index in [1.165, 1.54) is 28.4 Å². The number of benzene rings is 2. The van der Waals surface area contributed by atoms with Crippen molar-refractivity contribution >= 4 is 57.6 Å². The van der Waals surface area contributed by atoms with Crippen LogP contribution in [0.4, 0.5) is 17.6 Å². The molecular formula is C30H26F4N2O5S3. The molecule has 2 aliphatic rings. The summed E-state index contributed by atoms with van der Waals surface area (Å²) in [6.45, 7) is 3.78. The van der Waals surface area contributed by atoms with Crippen molar-refractivity contribution in [2.75, 3.05) is 39.5 Å². The van der Waals surface area contributed by atoms with Gasteiger partial charge in [-0.25, -0.2) is 9.18 Å². The van der Waals surface area contributed by atoms with Gasteiger partial charge in [0.25, 0.3) is 5.91 Å². The fourth-order valence-electron chi connectivity index (χ4n) is 4.71. The molecule has 3 aromatic rings. The van der Waals surface area contributed by atoms with Crippen molar-refractivity contribution in [3.63, 3.8) is 0 Å². The van der Waals surface area contributed by atoms with E-state index in [0.29, 0.717) is 58.1 Å². The van der Waals surface area contributed by atoms with E-state index < -0.39 is 23.5 Å². The van der Waals surface area contributed by atoms with Crippen LogP contribution in [-0.2, 0) is 22.3 Å². The fourth-order valence-corrected chi connectivity index (χ4v) is 6.93. The predicted molar refractivity (Wildman–Crippen MR) is 164 cm³/mol. The second-order valence-electron chi connectivity index (χ2n) is 9.98. The van der Waals surface area contributed by atoms with Crippen LogP contribution in [0.5, 0.6) is 5.75 Å². The second-order valence-corrected chi connectivity index (χ2v) is 12.6. The van der Waals surface area contributed by atoms with E-state index in [0.717, 1.165) is 42.5 Å². The predicted octanol–water partition coefficient (Wildman–Crippen LogP) is 6.77. The van der Waals surface area contributed by atoms with Gasteiger partial charge in [0.05, 0.1) is 35.9 Å². The molecule has 2 fully saturated rings. The van der Waals surface area contributed by atoms with Gasteiger partial charge in [0.1, 0.15) is 15.9 Å². The summed E-state index contributed by atoms with van der Waals surface area (Å²) in [5.41, 5.74) is 0.285. The van der Waals surface area contributed by atoms with Crippen molar-refractivity contribution in [3.05, 3.63) is 80.1 Å². The Morgan fingerprint density at radius 1 is 1.11 bits per heavy atom. The van der Waals surface area contributed by atoms with E-state index in [4.69, 9.17) is 21.7 Å². The zero-order chi connectivity index (χ0) is 31.4. The molecule has 2 aromatic carbocycles. The summed E-state index contributed by atoms with van der Waals surface area (Å²) in [6.07, 6.45) is -2.71. The number of aromatic carboxylic acids is 1. The molecule has 0 atom stereocenters. The molecule has 2 saturated heterocycles. The molecule has 0 spiro atoms. The molecule has 44 heavy (non-hydrogen) atoms. The zero-order valence-corrected chi connectivity index (χ0v) is 25.5. The number of halogens is 4. The Balaban J connectivity index is 1.20. The van der Waals surface area contributed by atoms with Crippen molar-refractivity contribution in [2.45, 2.75) is 19.1 Å². The van der Waals surface area contributed by atoms with Gasteiger partial charge >= 0.3 is 12.1 Å². The van der Waals surface area contributed by atoms with Crippen molar-refractivity contribution < 1.29 is 41.7 Å². The van der Waals surface area contributed by atoms with Crippen LogP contribution in [0.2, 0.25) is 0 Å². The van der Waals surface area contributed by atoms with Gasteiger partial charge in [0.2, 0.25) is 0 Å². The van der Waals surface area contributed by atoms with Crippen LogP contribution in [0.3, 0.4) is 0 Å². The summed E-state index contributed by atoms with van der Waals surface area (Å²) < 4.78 is 64.9. The fraction of sp³-hybridized carbons (Fsp3) is 0.300. The van der Waals surface area contributed by atoms with Crippen LogP contribution in [0.25, 0.3) is 17.2 Å². The zero-order valence-electron chi connectivity index (χ0n) is 23.1. The third-order valence-electron chi connectivity index (χ3n) is 6.96. The highest BCUT2D eigenvalue weighted by atomic mass is 32.2. The van der Waals surface area contributed by atoms with Gasteiger partial charge in [-0.15, -0.1) is 11.3 Å². The highest BCUT2D eigenvalue weighted by Gasteiger charge is 2.34. The Bertz CT molecular complexity index is 1600. The molecule has 0 radical (unpaired) electrons. The normalized spacial score (nSPS) is 17.1. The molecular weight excluding hydrogens is 641 g/mol. The van der Waals surface area contributed by atoms with Gasteiger partial charge in [-0.3, -0.25) is 14.6 Å². The summed E-state index contributed by atoms with van der Waals surface area (Å²) in [5.74, 6) is -2.07. The Kier molecular flexibility index (Phi) is 10.1. The van der Waals surface area contributed by atoms with Crippen molar-refractivity contribution in [2.24, 2.45) is 0 Å². The van der Waals surface area contributed by atoms with Gasteiger partial charge in [-0.1, -0.05) is 30.0 Å². The number of nitrogens with zero attached hydrogens (tertiary/aromatic N) is 2. The van der Waals surface area contributed by atoms with Crippen LogP contribution < -0.4 is 4.74 Å². The van der Waals surface area contributed by atoms with Crippen LogP contribution in [0.15, 0.2) is 52.7 Å². The number of carbonyl (C=O) groups is 2. The number of thiocarbonyl (C=S) groups is 1. The van der Waals surface area contributed by atoms with Crippen LogP contribution in [-0.4, -0.2) is 70.6 Å². The van der Waals surface area contributed by atoms with Gasteiger partial charge in [0, 0.05) is 36.6 Å². The summed E-state index contributed by atoms with van der Waals surface area (Å²) >= 11 is 7.80. The first-order valence-electron chi connectivity index (χ1n) is 13.5. The maximum Gasteiger partial charge on any atom is 0.419 e. The number of ether oxygens (including phenoxy) is 2. The maximum atomic E-state index is 13.7. The van der Waals surface area contributed by atoms with E-state index in [1.807, 2.05) is 0 Å². The number of hydrogen-bond acceptors (Lipinski definition) is 8. The lowest BCUT2D eigenvalue weighted by Crippen LogP contribution is -2.35. The molecule has 0 saturated carbocycles. The molecule has 7 nitrogen and oxygen atoms in total. The lowest BCUT2D eigenvalue weighted by molar-refractivity contribution is -0.140.